The van der Waals surface area contributed by atoms with E-state index in [-0.39, 0.29) is 5.82 Å². The smallest absolute Gasteiger partial charge is 0.218 e. The van der Waals surface area contributed by atoms with E-state index in [2.05, 4.69) is 10.3 Å². The summed E-state index contributed by atoms with van der Waals surface area (Å²) < 4.78 is 23.5. The van der Waals surface area contributed by atoms with E-state index in [1.807, 2.05) is 6.92 Å². The molecule has 0 saturated carbocycles. The maximum Gasteiger partial charge on any atom is 0.218 e. The average molecular weight is 228 g/mol. The summed E-state index contributed by atoms with van der Waals surface area (Å²) in [6, 6.07) is 1.42. The molecular weight excluding hydrogens is 211 g/mol. The number of rotatable bonds is 7. The van der Waals surface area contributed by atoms with Crippen molar-refractivity contribution in [3.63, 3.8) is 0 Å². The van der Waals surface area contributed by atoms with Gasteiger partial charge in [-0.2, -0.15) is 0 Å². The van der Waals surface area contributed by atoms with Crippen LogP contribution in [-0.2, 0) is 11.3 Å². The van der Waals surface area contributed by atoms with Crippen LogP contribution >= 0.6 is 0 Å². The quantitative estimate of drug-likeness (QED) is 0.715. The fourth-order valence-electron chi connectivity index (χ4n) is 1.26. The van der Waals surface area contributed by atoms with E-state index in [0.29, 0.717) is 37.8 Å². The van der Waals surface area contributed by atoms with Crippen molar-refractivity contribution < 1.29 is 13.9 Å². The summed E-state index contributed by atoms with van der Waals surface area (Å²) in [5.41, 5.74) is 0.707. The molecule has 0 unspecified atom stereocenters. The van der Waals surface area contributed by atoms with E-state index in [4.69, 9.17) is 9.47 Å². The molecule has 0 fully saturated rings. The van der Waals surface area contributed by atoms with Crippen LogP contribution in [-0.4, -0.2) is 31.9 Å². The largest absolute Gasteiger partial charge is 0.475 e. The van der Waals surface area contributed by atoms with E-state index in [1.54, 1.807) is 7.05 Å². The molecule has 1 heterocycles. The third-order valence-electron chi connectivity index (χ3n) is 1.93. The van der Waals surface area contributed by atoms with Crippen LogP contribution in [0, 0.1) is 5.82 Å². The lowest BCUT2D eigenvalue weighted by molar-refractivity contribution is 0.108. The maximum atomic E-state index is 12.9. The molecule has 0 radical (unpaired) electrons. The zero-order valence-electron chi connectivity index (χ0n) is 9.62. The van der Waals surface area contributed by atoms with Gasteiger partial charge in [0.1, 0.15) is 12.4 Å². The van der Waals surface area contributed by atoms with Crippen molar-refractivity contribution in [1.29, 1.82) is 0 Å². The van der Waals surface area contributed by atoms with Crippen LogP contribution in [0.3, 0.4) is 0 Å². The van der Waals surface area contributed by atoms with Gasteiger partial charge in [0, 0.05) is 18.7 Å². The lowest BCUT2D eigenvalue weighted by Gasteiger charge is -2.09. The maximum absolute atomic E-state index is 12.9. The summed E-state index contributed by atoms with van der Waals surface area (Å²) in [7, 11) is 1.79. The van der Waals surface area contributed by atoms with Crippen LogP contribution in [0.15, 0.2) is 12.3 Å². The molecule has 16 heavy (non-hydrogen) atoms. The van der Waals surface area contributed by atoms with Crippen LogP contribution < -0.4 is 10.1 Å². The first kappa shape index (κ1) is 12.9. The molecule has 90 valence electrons. The number of aromatic nitrogens is 1. The summed E-state index contributed by atoms with van der Waals surface area (Å²) in [6.07, 6.45) is 1.15. The molecule has 0 saturated heterocycles. The molecule has 1 aromatic rings. The number of hydrogen-bond donors (Lipinski definition) is 1. The highest BCUT2D eigenvalue weighted by molar-refractivity contribution is 5.25. The van der Waals surface area contributed by atoms with Crippen LogP contribution in [0.2, 0.25) is 0 Å². The second kappa shape index (κ2) is 7.14. The zero-order chi connectivity index (χ0) is 11.8. The number of halogens is 1. The molecule has 1 N–H and O–H groups in total. The molecular formula is C11H17FN2O2. The van der Waals surface area contributed by atoms with Crippen molar-refractivity contribution in [2.24, 2.45) is 0 Å². The Morgan fingerprint density at radius 2 is 2.25 bits per heavy atom. The molecule has 0 aliphatic rings. The van der Waals surface area contributed by atoms with Gasteiger partial charge in [0.25, 0.3) is 0 Å². The molecule has 4 nitrogen and oxygen atoms in total. The minimum Gasteiger partial charge on any atom is -0.475 e. The summed E-state index contributed by atoms with van der Waals surface area (Å²) in [6.45, 7) is 4.03. The molecule has 5 heteroatoms. The van der Waals surface area contributed by atoms with Crippen molar-refractivity contribution in [3.8, 4) is 5.88 Å². The number of ether oxygens (including phenoxy) is 2. The highest BCUT2D eigenvalue weighted by Crippen LogP contribution is 2.15. The molecule has 0 amide bonds. The monoisotopic (exact) mass is 228 g/mol. The highest BCUT2D eigenvalue weighted by Gasteiger charge is 2.06. The summed E-state index contributed by atoms with van der Waals surface area (Å²) in [5, 5.41) is 2.94. The van der Waals surface area contributed by atoms with Crippen LogP contribution in [0.4, 0.5) is 4.39 Å². The second-order valence-electron chi connectivity index (χ2n) is 3.19. The fourth-order valence-corrected chi connectivity index (χ4v) is 1.26. The van der Waals surface area contributed by atoms with Gasteiger partial charge in [-0.25, -0.2) is 9.37 Å². The Bertz CT molecular complexity index is 321. The molecule has 0 aromatic carbocycles. The number of hydrogen-bond acceptors (Lipinski definition) is 4. The molecule has 0 spiro atoms. The summed E-state index contributed by atoms with van der Waals surface area (Å²) in [5.74, 6) is 0.0952. The first-order valence-electron chi connectivity index (χ1n) is 5.27. The van der Waals surface area contributed by atoms with E-state index in [1.165, 1.54) is 6.07 Å². The van der Waals surface area contributed by atoms with Crippen molar-refractivity contribution in [1.82, 2.24) is 10.3 Å². The third kappa shape index (κ3) is 4.12. The number of nitrogens with zero attached hydrogens (tertiary/aromatic N) is 1. The molecule has 1 rings (SSSR count). The molecule has 0 atom stereocenters. The average Bonchev–Trinajstić information content (AvgIpc) is 2.27. The number of pyridine rings is 1. The van der Waals surface area contributed by atoms with Crippen LogP contribution in [0.25, 0.3) is 0 Å². The first-order valence-corrected chi connectivity index (χ1v) is 5.27. The van der Waals surface area contributed by atoms with Crippen LogP contribution in [0.1, 0.15) is 12.5 Å². The van der Waals surface area contributed by atoms with E-state index < -0.39 is 0 Å². The zero-order valence-corrected chi connectivity index (χ0v) is 9.62. The molecule has 1 aromatic heterocycles. The lowest BCUT2D eigenvalue weighted by Crippen LogP contribution is -2.12. The molecule has 0 aliphatic heterocycles. The van der Waals surface area contributed by atoms with Crippen LogP contribution in [0.5, 0.6) is 5.88 Å². The van der Waals surface area contributed by atoms with Crippen molar-refractivity contribution in [2.75, 3.05) is 26.9 Å². The van der Waals surface area contributed by atoms with Crippen molar-refractivity contribution in [3.05, 3.63) is 23.6 Å². The Hall–Kier alpha value is -1.20. The summed E-state index contributed by atoms with van der Waals surface area (Å²) in [4.78, 5) is 3.90. The van der Waals surface area contributed by atoms with Gasteiger partial charge in [-0.3, -0.25) is 0 Å². The summed E-state index contributed by atoms with van der Waals surface area (Å²) >= 11 is 0. The Balaban J connectivity index is 2.56. The normalized spacial score (nSPS) is 10.4. The van der Waals surface area contributed by atoms with Gasteiger partial charge in [0.05, 0.1) is 12.8 Å². The van der Waals surface area contributed by atoms with Gasteiger partial charge in [0.15, 0.2) is 0 Å². The Labute approximate surface area is 94.8 Å². The van der Waals surface area contributed by atoms with Gasteiger partial charge in [-0.15, -0.1) is 0 Å². The van der Waals surface area contributed by atoms with E-state index in [9.17, 15) is 4.39 Å². The predicted octanol–water partition coefficient (Wildman–Crippen LogP) is 1.36. The second-order valence-corrected chi connectivity index (χ2v) is 3.19. The minimum absolute atomic E-state index is 0.359. The van der Waals surface area contributed by atoms with Crippen molar-refractivity contribution in [2.45, 2.75) is 13.5 Å². The lowest BCUT2D eigenvalue weighted by atomic mass is 10.2. The van der Waals surface area contributed by atoms with Crippen molar-refractivity contribution >= 4 is 0 Å². The van der Waals surface area contributed by atoms with Gasteiger partial charge >= 0.3 is 0 Å². The van der Waals surface area contributed by atoms with E-state index >= 15 is 0 Å². The SMILES string of the molecule is CCOCCOc1ncc(F)cc1CNC. The van der Waals surface area contributed by atoms with Gasteiger partial charge in [-0.05, 0) is 20.0 Å². The third-order valence-corrected chi connectivity index (χ3v) is 1.93. The topological polar surface area (TPSA) is 43.4 Å². The molecule has 0 bridgehead atoms. The van der Waals surface area contributed by atoms with Gasteiger partial charge < -0.3 is 14.8 Å². The Kier molecular flexibility index (Phi) is 5.74. The fraction of sp³-hybridized carbons (Fsp3) is 0.545. The Morgan fingerprint density at radius 1 is 1.44 bits per heavy atom. The highest BCUT2D eigenvalue weighted by atomic mass is 19.1. The minimum atomic E-state index is -0.359. The van der Waals surface area contributed by atoms with Gasteiger partial charge in [0.2, 0.25) is 5.88 Å². The van der Waals surface area contributed by atoms with Gasteiger partial charge in [-0.1, -0.05) is 0 Å². The predicted molar refractivity (Wildman–Crippen MR) is 58.9 cm³/mol. The Morgan fingerprint density at radius 3 is 2.94 bits per heavy atom. The van der Waals surface area contributed by atoms with E-state index in [0.717, 1.165) is 6.20 Å². The number of nitrogens with one attached hydrogen (secondary N) is 1. The molecule has 0 aliphatic carbocycles. The first-order chi connectivity index (χ1) is 7.77. The standard InChI is InChI=1S/C11H17FN2O2/c1-3-15-4-5-16-11-9(7-13-2)6-10(12)8-14-11/h6,8,13H,3-5,7H2,1-2H3.